The summed E-state index contributed by atoms with van der Waals surface area (Å²) < 4.78 is 5.85. The van der Waals surface area contributed by atoms with E-state index in [2.05, 4.69) is 6.08 Å². The lowest BCUT2D eigenvalue weighted by molar-refractivity contribution is -0.0216. The van der Waals surface area contributed by atoms with Crippen LogP contribution in [0.2, 0.25) is 0 Å². The summed E-state index contributed by atoms with van der Waals surface area (Å²) in [4.78, 5) is 12.6. The number of esters is 1. The zero-order chi connectivity index (χ0) is 19.3. The number of carbonyl (C=O) groups excluding carboxylic acids is 1. The highest BCUT2D eigenvalue weighted by Gasteiger charge is 2.33. The molecule has 0 heterocycles. The average molecular weight is 358 g/mol. The molecule has 1 aliphatic rings. The van der Waals surface area contributed by atoms with E-state index >= 15 is 0 Å². The number of hydrogen-bond donors (Lipinski definition) is 2. The van der Waals surface area contributed by atoms with Crippen LogP contribution in [0.3, 0.4) is 0 Å². The number of ether oxygens (including phenoxy) is 1. The molecule has 0 saturated heterocycles. The second-order valence-electron chi connectivity index (χ2n) is 7.61. The minimum atomic E-state index is -0.654. The van der Waals surface area contributed by atoms with E-state index < -0.39 is 18.2 Å². The molecular formula is C22H30O4. The lowest BCUT2D eigenvalue weighted by Gasteiger charge is -2.33. The van der Waals surface area contributed by atoms with Crippen molar-refractivity contribution in [3.63, 3.8) is 0 Å². The molecule has 0 saturated carbocycles. The molecule has 0 unspecified atom stereocenters. The SMILES string of the molecule is CC1=C[C@@H](O)[C@H](C(C)C)[C@H](OC(=O)c2ccc(O)cc2)CC(C)=CCC1. The van der Waals surface area contributed by atoms with Crippen molar-refractivity contribution in [3.8, 4) is 5.75 Å². The minimum absolute atomic E-state index is 0.107. The topological polar surface area (TPSA) is 66.8 Å². The van der Waals surface area contributed by atoms with Gasteiger partial charge in [0.15, 0.2) is 0 Å². The molecule has 2 rings (SSSR count). The largest absolute Gasteiger partial charge is 0.508 e. The Bertz CT molecular complexity index is 670. The third kappa shape index (κ3) is 5.46. The van der Waals surface area contributed by atoms with Crippen LogP contribution in [0.25, 0.3) is 0 Å². The molecule has 0 fully saturated rings. The average Bonchev–Trinajstić information content (AvgIpc) is 2.54. The monoisotopic (exact) mass is 358 g/mol. The standard InChI is InChI=1S/C22H30O4/c1-14(2)21-19(24)12-15(3)6-5-7-16(4)13-20(21)26-22(25)17-8-10-18(23)11-9-17/h7-12,14,19-21,23-24H,5-6,13H2,1-4H3/t19-,20-,21+/m1/s1. The first-order valence-electron chi connectivity index (χ1n) is 9.29. The minimum Gasteiger partial charge on any atom is -0.508 e. The Kier molecular flexibility index (Phi) is 7.04. The second-order valence-corrected chi connectivity index (χ2v) is 7.61. The van der Waals surface area contributed by atoms with Crippen LogP contribution in [0.15, 0.2) is 47.6 Å². The van der Waals surface area contributed by atoms with Crippen LogP contribution in [0.4, 0.5) is 0 Å². The summed E-state index contributed by atoms with van der Waals surface area (Å²) in [5.74, 6) is -0.361. The Morgan fingerprint density at radius 2 is 1.81 bits per heavy atom. The van der Waals surface area contributed by atoms with E-state index in [1.165, 1.54) is 17.7 Å². The number of benzene rings is 1. The van der Waals surface area contributed by atoms with Crippen molar-refractivity contribution in [2.75, 3.05) is 0 Å². The molecule has 1 aromatic rings. The van der Waals surface area contributed by atoms with E-state index in [4.69, 9.17) is 4.74 Å². The summed E-state index contributed by atoms with van der Waals surface area (Å²) in [7, 11) is 0. The highest BCUT2D eigenvalue weighted by atomic mass is 16.5. The van der Waals surface area contributed by atoms with Crippen molar-refractivity contribution < 1.29 is 19.7 Å². The Morgan fingerprint density at radius 1 is 1.15 bits per heavy atom. The van der Waals surface area contributed by atoms with Crippen LogP contribution in [-0.4, -0.2) is 28.4 Å². The Morgan fingerprint density at radius 3 is 2.42 bits per heavy atom. The molecule has 0 spiro atoms. The van der Waals surface area contributed by atoms with Crippen LogP contribution in [0.1, 0.15) is 57.3 Å². The van der Waals surface area contributed by atoms with Crippen molar-refractivity contribution >= 4 is 5.97 Å². The smallest absolute Gasteiger partial charge is 0.338 e. The van der Waals surface area contributed by atoms with Crippen molar-refractivity contribution in [2.24, 2.45) is 11.8 Å². The molecule has 1 aliphatic carbocycles. The summed E-state index contributed by atoms with van der Waals surface area (Å²) in [6, 6.07) is 6.03. The van der Waals surface area contributed by atoms with Gasteiger partial charge in [-0.15, -0.1) is 0 Å². The molecule has 26 heavy (non-hydrogen) atoms. The number of allylic oxidation sites excluding steroid dienone is 2. The summed E-state index contributed by atoms with van der Waals surface area (Å²) in [6.45, 7) is 8.17. The van der Waals surface area contributed by atoms with Crippen LogP contribution in [0.5, 0.6) is 5.75 Å². The van der Waals surface area contributed by atoms with Gasteiger partial charge in [0, 0.05) is 12.3 Å². The lowest BCUT2D eigenvalue weighted by Crippen LogP contribution is -2.38. The van der Waals surface area contributed by atoms with Gasteiger partial charge in [-0.25, -0.2) is 4.79 Å². The van der Waals surface area contributed by atoms with E-state index in [0.29, 0.717) is 12.0 Å². The molecule has 1 aromatic carbocycles. The number of aliphatic hydroxyl groups is 1. The number of aliphatic hydroxyl groups excluding tert-OH is 1. The zero-order valence-corrected chi connectivity index (χ0v) is 16.1. The first-order valence-corrected chi connectivity index (χ1v) is 9.29. The zero-order valence-electron chi connectivity index (χ0n) is 16.1. The molecule has 0 radical (unpaired) electrons. The molecule has 0 bridgehead atoms. The number of hydrogen-bond acceptors (Lipinski definition) is 4. The van der Waals surface area contributed by atoms with Gasteiger partial charge in [0.05, 0.1) is 11.7 Å². The van der Waals surface area contributed by atoms with Crippen molar-refractivity contribution in [1.29, 1.82) is 0 Å². The van der Waals surface area contributed by atoms with E-state index in [9.17, 15) is 15.0 Å². The normalized spacial score (nSPS) is 24.6. The fraction of sp³-hybridized carbons (Fsp3) is 0.500. The van der Waals surface area contributed by atoms with Gasteiger partial charge in [-0.3, -0.25) is 0 Å². The molecule has 0 aromatic heterocycles. The van der Waals surface area contributed by atoms with Crippen molar-refractivity contribution in [3.05, 3.63) is 53.1 Å². The van der Waals surface area contributed by atoms with Crippen LogP contribution in [-0.2, 0) is 4.74 Å². The lowest BCUT2D eigenvalue weighted by atomic mass is 9.81. The maximum absolute atomic E-state index is 12.6. The highest BCUT2D eigenvalue weighted by Crippen LogP contribution is 2.30. The Labute approximate surface area is 156 Å². The number of rotatable bonds is 3. The van der Waals surface area contributed by atoms with E-state index in [0.717, 1.165) is 18.4 Å². The van der Waals surface area contributed by atoms with Gasteiger partial charge in [-0.2, -0.15) is 0 Å². The molecule has 2 N–H and O–H groups in total. The van der Waals surface area contributed by atoms with Gasteiger partial charge in [-0.1, -0.05) is 37.1 Å². The Balaban J connectivity index is 2.30. The van der Waals surface area contributed by atoms with E-state index in [1.54, 1.807) is 12.1 Å². The van der Waals surface area contributed by atoms with E-state index in [1.807, 2.05) is 33.8 Å². The molecule has 0 amide bonds. The predicted molar refractivity (Wildman–Crippen MR) is 103 cm³/mol. The molecule has 4 nitrogen and oxygen atoms in total. The second kappa shape index (κ2) is 9.04. The summed E-state index contributed by atoms with van der Waals surface area (Å²) in [5, 5.41) is 20.2. The van der Waals surface area contributed by atoms with Gasteiger partial charge in [-0.05, 0) is 56.9 Å². The van der Waals surface area contributed by atoms with E-state index in [-0.39, 0.29) is 17.6 Å². The van der Waals surface area contributed by atoms with Gasteiger partial charge >= 0.3 is 5.97 Å². The molecule has 142 valence electrons. The Hall–Kier alpha value is -2.07. The van der Waals surface area contributed by atoms with Crippen LogP contribution in [0, 0.1) is 11.8 Å². The van der Waals surface area contributed by atoms with Crippen molar-refractivity contribution in [2.45, 2.75) is 59.2 Å². The van der Waals surface area contributed by atoms with Crippen LogP contribution >= 0.6 is 0 Å². The third-order valence-electron chi connectivity index (χ3n) is 4.96. The van der Waals surface area contributed by atoms with Crippen LogP contribution < -0.4 is 0 Å². The first-order chi connectivity index (χ1) is 12.3. The van der Waals surface area contributed by atoms with Gasteiger partial charge < -0.3 is 14.9 Å². The molecule has 0 aliphatic heterocycles. The molecule has 3 atom stereocenters. The first kappa shape index (κ1) is 20.2. The van der Waals surface area contributed by atoms with Gasteiger partial charge in [0.1, 0.15) is 11.9 Å². The number of phenolic OH excluding ortho intramolecular Hbond substituents is 1. The highest BCUT2D eigenvalue weighted by molar-refractivity contribution is 5.89. The van der Waals surface area contributed by atoms with Gasteiger partial charge in [0.25, 0.3) is 0 Å². The fourth-order valence-corrected chi connectivity index (χ4v) is 3.54. The van der Waals surface area contributed by atoms with Gasteiger partial charge in [0.2, 0.25) is 0 Å². The maximum Gasteiger partial charge on any atom is 0.338 e. The number of phenols is 1. The third-order valence-corrected chi connectivity index (χ3v) is 4.96. The fourth-order valence-electron chi connectivity index (χ4n) is 3.54. The quantitative estimate of drug-likeness (QED) is 0.611. The molecular weight excluding hydrogens is 328 g/mol. The maximum atomic E-state index is 12.6. The summed E-state index contributed by atoms with van der Waals surface area (Å²) in [6.07, 6.45) is 5.48. The summed E-state index contributed by atoms with van der Waals surface area (Å²) in [5.41, 5.74) is 2.71. The number of aromatic hydroxyl groups is 1. The summed E-state index contributed by atoms with van der Waals surface area (Å²) >= 11 is 0. The molecule has 4 heteroatoms. The number of carbonyl (C=O) groups is 1. The van der Waals surface area contributed by atoms with Crippen molar-refractivity contribution in [1.82, 2.24) is 0 Å². The predicted octanol–water partition coefficient (Wildman–Crippen LogP) is 4.63.